The number of primary amides is 1. The molecule has 1 fully saturated rings. The number of nitrogens with one attached hydrogen (secondary N) is 1. The van der Waals surface area contributed by atoms with E-state index in [0.29, 0.717) is 12.2 Å². The Hall–Kier alpha value is -2.68. The number of pyridine rings is 1. The van der Waals surface area contributed by atoms with E-state index in [1.807, 2.05) is 18.0 Å². The fourth-order valence-corrected chi connectivity index (χ4v) is 3.37. The molecule has 4 N–H and O–H groups in total. The van der Waals surface area contributed by atoms with Crippen LogP contribution >= 0.6 is 0 Å². The number of aliphatic hydroxyl groups excluding tert-OH is 1. The summed E-state index contributed by atoms with van der Waals surface area (Å²) in [6.45, 7) is 0.986. The summed E-state index contributed by atoms with van der Waals surface area (Å²) in [4.78, 5) is 43.8. The number of hydrogen-bond acceptors (Lipinski definition) is 6. The molecule has 0 bridgehead atoms. The highest BCUT2D eigenvalue weighted by Gasteiger charge is 2.36. The Morgan fingerprint density at radius 3 is 2.85 bits per heavy atom. The first-order valence-corrected chi connectivity index (χ1v) is 8.61. The molecule has 26 heavy (non-hydrogen) atoms. The predicted octanol–water partition coefficient (Wildman–Crippen LogP) is -1.50. The Morgan fingerprint density at radius 2 is 2.12 bits per heavy atom. The van der Waals surface area contributed by atoms with Crippen molar-refractivity contribution >= 4 is 23.5 Å². The number of likely N-dealkylation sites (tertiary alicyclic amines) is 1. The lowest BCUT2D eigenvalue weighted by molar-refractivity contribution is -0.132. The molecule has 2 aliphatic heterocycles. The largest absolute Gasteiger partial charge is 0.392 e. The molecule has 1 aromatic heterocycles. The van der Waals surface area contributed by atoms with Crippen LogP contribution in [0.5, 0.6) is 0 Å². The average Bonchev–Trinajstić information content (AvgIpc) is 3.00. The molecule has 9 nitrogen and oxygen atoms in total. The molecular weight excluding hydrogens is 338 g/mol. The lowest BCUT2D eigenvalue weighted by atomic mass is 9.93. The molecule has 0 unspecified atom stereocenters. The van der Waals surface area contributed by atoms with Gasteiger partial charge in [-0.1, -0.05) is 6.07 Å². The Balaban J connectivity index is 1.71. The van der Waals surface area contributed by atoms with Crippen molar-refractivity contribution in [2.75, 3.05) is 38.1 Å². The first kappa shape index (κ1) is 18.1. The van der Waals surface area contributed by atoms with Crippen LogP contribution in [0.3, 0.4) is 0 Å². The van der Waals surface area contributed by atoms with Gasteiger partial charge in [0, 0.05) is 26.7 Å². The number of piperidine rings is 1. The first-order valence-electron chi connectivity index (χ1n) is 8.61. The van der Waals surface area contributed by atoms with Crippen molar-refractivity contribution in [3.63, 3.8) is 0 Å². The van der Waals surface area contributed by atoms with E-state index in [4.69, 9.17) is 5.73 Å². The summed E-state index contributed by atoms with van der Waals surface area (Å²) in [5.74, 6) is -1.42. The second-order valence-corrected chi connectivity index (χ2v) is 6.75. The number of fused-ring (bicyclic) bond motifs is 1. The van der Waals surface area contributed by atoms with Gasteiger partial charge in [0.25, 0.3) is 5.91 Å². The highest BCUT2D eigenvalue weighted by Crippen LogP contribution is 2.25. The van der Waals surface area contributed by atoms with Crippen molar-refractivity contribution in [1.29, 1.82) is 0 Å². The molecule has 3 heterocycles. The highest BCUT2D eigenvalue weighted by molar-refractivity contribution is 5.94. The van der Waals surface area contributed by atoms with Gasteiger partial charge in [-0.05, 0) is 24.5 Å². The second-order valence-electron chi connectivity index (χ2n) is 6.75. The van der Waals surface area contributed by atoms with Crippen molar-refractivity contribution in [3.8, 4) is 0 Å². The summed E-state index contributed by atoms with van der Waals surface area (Å²) < 4.78 is 0. The van der Waals surface area contributed by atoms with Crippen molar-refractivity contribution < 1.29 is 19.5 Å². The highest BCUT2D eigenvalue weighted by atomic mass is 16.3. The quantitative estimate of drug-likeness (QED) is 0.599. The van der Waals surface area contributed by atoms with Crippen molar-refractivity contribution in [2.24, 2.45) is 11.7 Å². The van der Waals surface area contributed by atoms with Crippen LogP contribution in [0.1, 0.15) is 22.5 Å². The van der Waals surface area contributed by atoms with E-state index in [-0.39, 0.29) is 25.4 Å². The smallest absolute Gasteiger partial charge is 0.272 e. The molecule has 2 atom stereocenters. The zero-order valence-electron chi connectivity index (χ0n) is 14.6. The summed E-state index contributed by atoms with van der Waals surface area (Å²) in [6, 6.07) is 3.61. The minimum Gasteiger partial charge on any atom is -0.392 e. The van der Waals surface area contributed by atoms with E-state index in [1.54, 1.807) is 6.07 Å². The molecule has 0 aromatic carbocycles. The van der Waals surface area contributed by atoms with Crippen LogP contribution in [-0.2, 0) is 16.0 Å². The summed E-state index contributed by atoms with van der Waals surface area (Å²) in [7, 11) is 1.93. The van der Waals surface area contributed by atoms with Crippen molar-refractivity contribution in [1.82, 2.24) is 15.2 Å². The van der Waals surface area contributed by atoms with Crippen LogP contribution in [0.15, 0.2) is 12.1 Å². The minimum absolute atomic E-state index is 0.0687. The van der Waals surface area contributed by atoms with E-state index >= 15 is 0 Å². The number of hydrogen-bond donors (Lipinski definition) is 3. The summed E-state index contributed by atoms with van der Waals surface area (Å²) in [5.41, 5.74) is 6.46. The molecular formula is C17H23N5O4. The molecule has 9 heteroatoms. The predicted molar refractivity (Wildman–Crippen MR) is 93.4 cm³/mol. The Bertz CT molecular complexity index is 738. The maximum Gasteiger partial charge on any atom is 0.272 e. The number of amides is 3. The molecule has 3 amide bonds. The molecule has 0 saturated carbocycles. The maximum atomic E-state index is 12.8. The van der Waals surface area contributed by atoms with Crippen LogP contribution in [0, 0.1) is 5.92 Å². The third kappa shape index (κ3) is 3.62. The lowest BCUT2D eigenvalue weighted by Gasteiger charge is -2.35. The zero-order valence-corrected chi connectivity index (χ0v) is 14.6. The van der Waals surface area contributed by atoms with Crippen LogP contribution in [0.2, 0.25) is 0 Å². The van der Waals surface area contributed by atoms with Crippen LogP contribution in [0.25, 0.3) is 0 Å². The van der Waals surface area contributed by atoms with Gasteiger partial charge in [-0.25, -0.2) is 4.98 Å². The fraction of sp³-hybridized carbons (Fsp3) is 0.529. The van der Waals surface area contributed by atoms with Gasteiger partial charge in [0.15, 0.2) is 0 Å². The number of likely N-dealkylation sites (N-methyl/N-ethyl adjacent to an activating group) is 1. The van der Waals surface area contributed by atoms with Gasteiger partial charge < -0.3 is 26.0 Å². The topological polar surface area (TPSA) is 129 Å². The summed E-state index contributed by atoms with van der Waals surface area (Å²) in [6.07, 6.45) is 0.322. The zero-order chi connectivity index (χ0) is 18.8. The third-order valence-electron chi connectivity index (χ3n) is 4.89. The van der Waals surface area contributed by atoms with Gasteiger partial charge in [-0.2, -0.15) is 0 Å². The van der Waals surface area contributed by atoms with Crippen LogP contribution in [-0.4, -0.2) is 72.0 Å². The lowest BCUT2D eigenvalue weighted by Crippen LogP contribution is -2.52. The number of nitrogens with two attached hydrogens (primary N) is 1. The Morgan fingerprint density at radius 1 is 1.35 bits per heavy atom. The SMILES string of the molecule is CN1CCc2ccc(C(=O)N3CC[C@@H](O)[C@@H](C(=O)NCC(N)=O)C3)nc21. The number of rotatable bonds is 4. The molecule has 0 spiro atoms. The Kier molecular flexibility index (Phi) is 5.08. The second kappa shape index (κ2) is 7.28. The van der Waals surface area contributed by atoms with E-state index in [0.717, 1.165) is 24.3 Å². The standard InChI is InChI=1S/C17H23N5O4/c1-21-6-4-10-2-3-12(20-15(10)21)17(26)22-7-5-13(23)11(9-22)16(25)19-8-14(18)24/h2-3,11,13,23H,4-9H2,1H3,(H2,18,24)(H,19,25)/t11-,13+/m0/s1. The molecule has 3 rings (SSSR count). The van der Waals surface area contributed by atoms with E-state index in [9.17, 15) is 19.5 Å². The number of anilines is 1. The Labute approximate surface area is 151 Å². The maximum absolute atomic E-state index is 12.8. The van der Waals surface area contributed by atoms with Gasteiger partial charge in [0.05, 0.1) is 18.6 Å². The van der Waals surface area contributed by atoms with Crippen molar-refractivity contribution in [2.45, 2.75) is 18.9 Å². The molecule has 0 aliphatic carbocycles. The molecule has 140 valence electrons. The summed E-state index contributed by atoms with van der Waals surface area (Å²) >= 11 is 0. The third-order valence-corrected chi connectivity index (χ3v) is 4.89. The van der Waals surface area contributed by atoms with Gasteiger partial charge in [0.2, 0.25) is 11.8 Å². The number of aromatic nitrogens is 1. The van der Waals surface area contributed by atoms with E-state index < -0.39 is 23.8 Å². The van der Waals surface area contributed by atoms with E-state index in [1.165, 1.54) is 4.90 Å². The molecule has 1 saturated heterocycles. The first-order chi connectivity index (χ1) is 12.4. The van der Waals surface area contributed by atoms with Gasteiger partial charge in [-0.3, -0.25) is 14.4 Å². The number of aliphatic hydroxyl groups is 1. The van der Waals surface area contributed by atoms with Crippen LogP contribution < -0.4 is 16.0 Å². The fourth-order valence-electron chi connectivity index (χ4n) is 3.37. The monoisotopic (exact) mass is 361 g/mol. The van der Waals surface area contributed by atoms with E-state index in [2.05, 4.69) is 10.3 Å². The van der Waals surface area contributed by atoms with Gasteiger partial charge >= 0.3 is 0 Å². The summed E-state index contributed by atoms with van der Waals surface area (Å²) in [5, 5.41) is 12.5. The normalized spacial score (nSPS) is 22.1. The van der Waals surface area contributed by atoms with Gasteiger partial charge in [-0.15, -0.1) is 0 Å². The molecule has 1 aromatic rings. The molecule has 2 aliphatic rings. The average molecular weight is 361 g/mol. The van der Waals surface area contributed by atoms with Gasteiger partial charge in [0.1, 0.15) is 11.5 Å². The number of carbonyl (C=O) groups is 3. The van der Waals surface area contributed by atoms with Crippen LogP contribution in [0.4, 0.5) is 5.82 Å². The molecule has 0 radical (unpaired) electrons. The number of carbonyl (C=O) groups excluding carboxylic acids is 3. The van der Waals surface area contributed by atoms with Crippen molar-refractivity contribution in [3.05, 3.63) is 23.4 Å². The number of nitrogens with zero attached hydrogens (tertiary/aromatic N) is 3. The minimum atomic E-state index is -0.869.